The molecule has 60 valence electrons. The van der Waals surface area contributed by atoms with E-state index in [0.717, 1.165) is 0 Å². The summed E-state index contributed by atoms with van der Waals surface area (Å²) >= 11 is 4.71. The number of nitrogens with zero attached hydrogens (tertiary/aromatic N) is 4. The third-order valence-electron chi connectivity index (χ3n) is 1.36. The zero-order valence-corrected chi connectivity index (χ0v) is 6.45. The van der Waals surface area contributed by atoms with Gasteiger partial charge in [-0.1, -0.05) is 12.2 Å². The minimum Gasteiger partial charge on any atom is -0.279 e. The molecule has 1 N–H and O–H groups in total. The van der Waals surface area contributed by atoms with Gasteiger partial charge in [-0.15, -0.1) is 0 Å². The van der Waals surface area contributed by atoms with Crippen molar-refractivity contribution in [2.45, 2.75) is 0 Å². The molecular formula is C5H2N4O2S. The van der Waals surface area contributed by atoms with Crippen molar-refractivity contribution in [2.75, 3.05) is 0 Å². The van der Waals surface area contributed by atoms with E-state index in [0.29, 0.717) is 0 Å². The average Bonchev–Trinajstić information content (AvgIpc) is 2.48. The number of urea groups is 1. The van der Waals surface area contributed by atoms with Crippen LogP contribution in [0.15, 0.2) is 15.0 Å². The number of aliphatic imine (C=N–C) groups is 3. The van der Waals surface area contributed by atoms with E-state index in [4.69, 9.17) is 17.4 Å². The number of amides is 2. The summed E-state index contributed by atoms with van der Waals surface area (Å²) in [4.78, 5) is 21.6. The van der Waals surface area contributed by atoms with Crippen LogP contribution in [0.5, 0.6) is 0 Å². The van der Waals surface area contributed by atoms with E-state index in [1.165, 1.54) is 6.34 Å². The number of hydroxylamine groups is 2. The molecule has 0 fully saturated rings. The van der Waals surface area contributed by atoms with Crippen LogP contribution < -0.4 is 0 Å². The Kier molecular flexibility index (Phi) is 1.35. The van der Waals surface area contributed by atoms with Crippen LogP contribution in [-0.2, 0) is 0 Å². The Bertz CT molecular complexity index is 370. The lowest BCUT2D eigenvalue weighted by Crippen LogP contribution is -2.42. The van der Waals surface area contributed by atoms with E-state index < -0.39 is 6.03 Å². The second-order valence-electron chi connectivity index (χ2n) is 2.06. The van der Waals surface area contributed by atoms with E-state index in [1.807, 2.05) is 0 Å². The van der Waals surface area contributed by atoms with Gasteiger partial charge < -0.3 is 0 Å². The molecule has 7 heteroatoms. The van der Waals surface area contributed by atoms with Gasteiger partial charge in [0.15, 0.2) is 10.8 Å². The van der Waals surface area contributed by atoms with Gasteiger partial charge in [0.05, 0.1) is 0 Å². The van der Waals surface area contributed by atoms with E-state index in [2.05, 4.69) is 15.0 Å². The molecule has 0 unspecified atom stereocenters. The minimum atomic E-state index is -0.840. The lowest BCUT2D eigenvalue weighted by atomic mass is 10.3. The third kappa shape index (κ3) is 0.804. The van der Waals surface area contributed by atoms with Gasteiger partial charge in [0.2, 0.25) is 0 Å². The summed E-state index contributed by atoms with van der Waals surface area (Å²) in [7, 11) is 0. The van der Waals surface area contributed by atoms with Crippen molar-refractivity contribution < 1.29 is 10.0 Å². The fourth-order valence-corrected chi connectivity index (χ4v) is 1.04. The predicted octanol–water partition coefficient (Wildman–Crippen LogP) is 0.0200. The van der Waals surface area contributed by atoms with E-state index in [-0.39, 0.29) is 21.6 Å². The van der Waals surface area contributed by atoms with Crippen LogP contribution in [0, 0.1) is 0 Å². The van der Waals surface area contributed by atoms with Gasteiger partial charge in [-0.05, 0) is 0 Å². The summed E-state index contributed by atoms with van der Waals surface area (Å²) in [5, 5.41) is 9.26. The van der Waals surface area contributed by atoms with Crippen molar-refractivity contribution in [1.82, 2.24) is 5.06 Å². The molecule has 6 nitrogen and oxygen atoms in total. The third-order valence-corrected chi connectivity index (χ3v) is 1.72. The first-order valence-corrected chi connectivity index (χ1v) is 3.37. The standard InChI is InChI=1S/C5H2N4O2S/c10-5-8-3-2(6-1-7-3)4(12)9(5)11/h1,11H. The first kappa shape index (κ1) is 7.19. The number of hydrogen-bond donors (Lipinski definition) is 1. The fourth-order valence-electron chi connectivity index (χ4n) is 0.818. The van der Waals surface area contributed by atoms with Crippen LogP contribution in [0.4, 0.5) is 4.79 Å². The molecule has 0 saturated carbocycles. The Hall–Kier alpha value is -1.47. The molecule has 0 radical (unpaired) electrons. The van der Waals surface area contributed by atoms with Crippen LogP contribution in [0.25, 0.3) is 0 Å². The molecule has 2 aliphatic rings. The Labute approximate surface area is 71.9 Å². The molecule has 0 spiro atoms. The summed E-state index contributed by atoms with van der Waals surface area (Å²) in [6.45, 7) is 0. The van der Waals surface area contributed by atoms with Crippen molar-refractivity contribution in [2.24, 2.45) is 15.0 Å². The number of carbonyl (C=O) groups is 1. The van der Waals surface area contributed by atoms with Crippen LogP contribution >= 0.6 is 12.2 Å². The summed E-state index contributed by atoms with van der Waals surface area (Å²) in [5.74, 6) is 0.162. The summed E-state index contributed by atoms with van der Waals surface area (Å²) in [5.41, 5.74) is 0.257. The number of carbonyl (C=O) groups excluding carboxylic acids is 1. The van der Waals surface area contributed by atoms with Gasteiger partial charge in [-0.25, -0.2) is 14.8 Å². The molecule has 0 aromatic rings. The Morgan fingerprint density at radius 1 is 1.58 bits per heavy atom. The van der Waals surface area contributed by atoms with Crippen molar-refractivity contribution in [3.8, 4) is 0 Å². The van der Waals surface area contributed by atoms with Crippen molar-refractivity contribution in [1.29, 1.82) is 0 Å². The number of fused-ring (bicyclic) bond motifs is 1. The molecule has 2 rings (SSSR count). The normalized spacial score (nSPS) is 20.9. The Morgan fingerprint density at radius 3 is 3.08 bits per heavy atom. The molecule has 0 saturated heterocycles. The second kappa shape index (κ2) is 2.26. The minimum absolute atomic E-state index is 0.0671. The molecule has 0 atom stereocenters. The highest BCUT2D eigenvalue weighted by Gasteiger charge is 2.31. The SMILES string of the molecule is O=C1N=C2N=CN=C2C(=S)N1O. The second-order valence-corrected chi connectivity index (χ2v) is 2.44. The molecule has 0 aromatic carbocycles. The van der Waals surface area contributed by atoms with Gasteiger partial charge in [0.25, 0.3) is 0 Å². The zero-order chi connectivity index (χ0) is 8.72. The molecule has 12 heavy (non-hydrogen) atoms. The molecule has 2 amide bonds. The van der Waals surface area contributed by atoms with Crippen LogP contribution in [0.1, 0.15) is 0 Å². The Morgan fingerprint density at radius 2 is 2.33 bits per heavy atom. The van der Waals surface area contributed by atoms with Crippen molar-refractivity contribution >= 4 is 41.1 Å². The first-order chi connectivity index (χ1) is 5.70. The van der Waals surface area contributed by atoms with Crippen LogP contribution in [-0.4, -0.2) is 39.2 Å². The van der Waals surface area contributed by atoms with Gasteiger partial charge in [-0.3, -0.25) is 5.21 Å². The fraction of sp³-hybridized carbons (Fsp3) is 0. The molecular weight excluding hydrogens is 180 g/mol. The maximum atomic E-state index is 10.8. The molecule has 2 heterocycles. The monoisotopic (exact) mass is 182 g/mol. The van der Waals surface area contributed by atoms with Gasteiger partial charge >= 0.3 is 6.03 Å². The van der Waals surface area contributed by atoms with Gasteiger partial charge in [-0.2, -0.15) is 10.1 Å². The molecule has 0 aromatic heterocycles. The first-order valence-electron chi connectivity index (χ1n) is 2.97. The summed E-state index contributed by atoms with van der Waals surface area (Å²) in [6.07, 6.45) is 1.23. The lowest BCUT2D eigenvalue weighted by Gasteiger charge is -2.16. The topological polar surface area (TPSA) is 77.6 Å². The maximum Gasteiger partial charge on any atom is 0.375 e. The number of amidine groups is 1. The molecule has 0 bridgehead atoms. The van der Waals surface area contributed by atoms with E-state index in [9.17, 15) is 4.79 Å². The van der Waals surface area contributed by atoms with Crippen molar-refractivity contribution in [3.63, 3.8) is 0 Å². The number of thiocarbonyl (C=S) groups is 1. The highest BCUT2D eigenvalue weighted by Crippen LogP contribution is 2.08. The number of rotatable bonds is 0. The maximum absolute atomic E-state index is 10.8. The summed E-state index contributed by atoms with van der Waals surface area (Å²) < 4.78 is 0. The van der Waals surface area contributed by atoms with Crippen molar-refractivity contribution in [3.05, 3.63) is 0 Å². The van der Waals surface area contributed by atoms with Crippen LogP contribution in [0.2, 0.25) is 0 Å². The quantitative estimate of drug-likeness (QED) is 0.423. The van der Waals surface area contributed by atoms with E-state index in [1.54, 1.807) is 0 Å². The lowest BCUT2D eigenvalue weighted by molar-refractivity contribution is 0.0354. The average molecular weight is 182 g/mol. The van der Waals surface area contributed by atoms with Crippen LogP contribution in [0.3, 0.4) is 0 Å². The summed E-state index contributed by atoms with van der Waals surface area (Å²) in [6, 6.07) is -0.840. The number of hydrogen-bond acceptors (Lipinski definition) is 5. The molecule has 2 aliphatic heterocycles. The van der Waals surface area contributed by atoms with E-state index >= 15 is 0 Å². The Balaban J connectivity index is 2.54. The van der Waals surface area contributed by atoms with Gasteiger partial charge in [0, 0.05) is 0 Å². The van der Waals surface area contributed by atoms with Gasteiger partial charge in [0.1, 0.15) is 12.1 Å². The molecule has 0 aliphatic carbocycles. The predicted molar refractivity (Wildman–Crippen MR) is 45.0 cm³/mol. The largest absolute Gasteiger partial charge is 0.375 e. The highest BCUT2D eigenvalue weighted by atomic mass is 32.1. The highest BCUT2D eigenvalue weighted by molar-refractivity contribution is 7.82. The smallest absolute Gasteiger partial charge is 0.279 e. The zero-order valence-electron chi connectivity index (χ0n) is 5.63.